The molecule has 1 saturated carbocycles. The van der Waals surface area contributed by atoms with Gasteiger partial charge in [0.25, 0.3) is 0 Å². The van der Waals surface area contributed by atoms with Crippen molar-refractivity contribution < 1.29 is 9.90 Å². The van der Waals surface area contributed by atoms with Gasteiger partial charge in [-0.3, -0.25) is 4.79 Å². The minimum Gasteiger partial charge on any atom is -0.481 e. The number of carboxylic acid groups (broad SMARTS) is 1. The van der Waals surface area contributed by atoms with Crippen LogP contribution in [0.1, 0.15) is 17.2 Å². The summed E-state index contributed by atoms with van der Waals surface area (Å²) in [4.78, 5) is 11.8. The molecule has 1 aromatic rings. The summed E-state index contributed by atoms with van der Waals surface area (Å²) in [6.45, 7) is 0. The molecule has 1 aliphatic carbocycles. The third-order valence-corrected chi connectivity index (χ3v) is 5.53. The fourth-order valence-electron chi connectivity index (χ4n) is 1.33. The Morgan fingerprint density at radius 2 is 2.31 bits per heavy atom. The molecule has 0 aliphatic heterocycles. The molecule has 0 radical (unpaired) electrons. The maximum atomic E-state index is 10.6. The van der Waals surface area contributed by atoms with Crippen molar-refractivity contribution >= 4 is 49.2 Å². The van der Waals surface area contributed by atoms with E-state index in [-0.39, 0.29) is 11.8 Å². The highest BCUT2D eigenvalue weighted by molar-refractivity contribution is 9.13. The maximum absolute atomic E-state index is 10.6. The first-order valence-electron chi connectivity index (χ1n) is 3.77. The van der Waals surface area contributed by atoms with E-state index in [1.807, 2.05) is 6.07 Å². The summed E-state index contributed by atoms with van der Waals surface area (Å²) in [6, 6.07) is 2.00. The summed E-state index contributed by atoms with van der Waals surface area (Å²) in [6.07, 6.45) is 0.786. The monoisotopic (exact) mass is 324 g/mol. The molecular weight excluding hydrogens is 320 g/mol. The summed E-state index contributed by atoms with van der Waals surface area (Å²) in [5.41, 5.74) is 0. The van der Waals surface area contributed by atoms with Crippen molar-refractivity contribution in [2.24, 2.45) is 5.92 Å². The van der Waals surface area contributed by atoms with Crippen molar-refractivity contribution in [1.29, 1.82) is 0 Å². The zero-order valence-corrected chi connectivity index (χ0v) is 10.4. The molecule has 13 heavy (non-hydrogen) atoms. The molecule has 2 rings (SSSR count). The summed E-state index contributed by atoms with van der Waals surface area (Å²) in [7, 11) is 0. The van der Waals surface area contributed by atoms with Crippen LogP contribution in [0.4, 0.5) is 0 Å². The third-order valence-electron chi connectivity index (χ3n) is 2.14. The summed E-state index contributed by atoms with van der Waals surface area (Å²) < 4.78 is 2.06. The highest BCUT2D eigenvalue weighted by Crippen LogP contribution is 2.51. The lowest BCUT2D eigenvalue weighted by molar-refractivity contribution is -0.138. The highest BCUT2D eigenvalue weighted by atomic mass is 79.9. The second kappa shape index (κ2) is 3.37. The summed E-state index contributed by atoms with van der Waals surface area (Å²) >= 11 is 8.39. The predicted octanol–water partition coefficient (Wildman–Crippen LogP) is 3.46. The van der Waals surface area contributed by atoms with Gasteiger partial charge in [-0.15, -0.1) is 11.3 Å². The summed E-state index contributed by atoms with van der Waals surface area (Å²) in [5.74, 6) is -0.590. The molecule has 0 saturated heterocycles. The number of hydrogen-bond acceptors (Lipinski definition) is 2. The van der Waals surface area contributed by atoms with Crippen molar-refractivity contribution in [3.63, 3.8) is 0 Å². The van der Waals surface area contributed by atoms with E-state index in [1.165, 1.54) is 0 Å². The van der Waals surface area contributed by atoms with Crippen LogP contribution in [0, 0.1) is 5.92 Å². The predicted molar refractivity (Wildman–Crippen MR) is 58.2 cm³/mol. The van der Waals surface area contributed by atoms with Gasteiger partial charge in [-0.05, 0) is 44.3 Å². The molecule has 1 aliphatic rings. The lowest BCUT2D eigenvalue weighted by Gasteiger charge is -1.89. The Hall–Kier alpha value is 0.130. The van der Waals surface area contributed by atoms with Gasteiger partial charge in [0.2, 0.25) is 0 Å². The molecule has 1 heterocycles. The lowest BCUT2D eigenvalue weighted by atomic mass is 10.3. The van der Waals surface area contributed by atoms with Crippen LogP contribution in [-0.4, -0.2) is 11.1 Å². The fraction of sp³-hybridized carbons (Fsp3) is 0.375. The number of hydrogen-bond donors (Lipinski definition) is 1. The molecular formula is C8H6Br2O2S. The minimum atomic E-state index is -0.675. The largest absolute Gasteiger partial charge is 0.481 e. The standard InChI is InChI=1S/C8H6Br2O2S/c9-5-2-6(13-7(5)10)3-1-4(3)8(11)12/h2-4H,1H2,(H,11,12). The van der Waals surface area contributed by atoms with Crippen molar-refractivity contribution in [2.45, 2.75) is 12.3 Å². The quantitative estimate of drug-likeness (QED) is 0.904. The van der Waals surface area contributed by atoms with Gasteiger partial charge in [0, 0.05) is 15.3 Å². The van der Waals surface area contributed by atoms with E-state index >= 15 is 0 Å². The topological polar surface area (TPSA) is 37.3 Å². The van der Waals surface area contributed by atoms with E-state index in [0.29, 0.717) is 0 Å². The van der Waals surface area contributed by atoms with E-state index < -0.39 is 5.97 Å². The number of halogens is 2. The van der Waals surface area contributed by atoms with Crippen LogP contribution in [0.5, 0.6) is 0 Å². The normalized spacial score (nSPS) is 26.0. The van der Waals surface area contributed by atoms with Gasteiger partial charge in [0.05, 0.1) is 9.70 Å². The maximum Gasteiger partial charge on any atom is 0.307 e. The Labute approximate surface area is 96.2 Å². The molecule has 0 amide bonds. The average Bonchev–Trinajstić information content (AvgIpc) is 2.76. The Morgan fingerprint density at radius 3 is 2.69 bits per heavy atom. The van der Waals surface area contributed by atoms with Crippen molar-refractivity contribution in [3.05, 3.63) is 19.2 Å². The van der Waals surface area contributed by atoms with Gasteiger partial charge in [0.1, 0.15) is 0 Å². The first kappa shape index (κ1) is 9.68. The second-order valence-electron chi connectivity index (χ2n) is 3.06. The lowest BCUT2D eigenvalue weighted by Crippen LogP contribution is -1.97. The number of carbonyl (C=O) groups is 1. The van der Waals surface area contributed by atoms with Crippen molar-refractivity contribution in [1.82, 2.24) is 0 Å². The van der Waals surface area contributed by atoms with Gasteiger partial charge in [0.15, 0.2) is 0 Å². The van der Waals surface area contributed by atoms with Crippen LogP contribution in [-0.2, 0) is 4.79 Å². The van der Waals surface area contributed by atoms with Crippen molar-refractivity contribution in [2.75, 3.05) is 0 Å². The van der Waals surface area contributed by atoms with Crippen LogP contribution >= 0.6 is 43.2 Å². The average molecular weight is 326 g/mol. The molecule has 0 spiro atoms. The SMILES string of the molecule is O=C(O)C1CC1c1cc(Br)c(Br)s1. The van der Waals surface area contributed by atoms with E-state index in [4.69, 9.17) is 5.11 Å². The smallest absolute Gasteiger partial charge is 0.307 e. The van der Waals surface area contributed by atoms with Crippen LogP contribution in [0.15, 0.2) is 14.3 Å². The Balaban J connectivity index is 2.16. The number of carboxylic acids is 1. The zero-order valence-electron chi connectivity index (χ0n) is 6.46. The first-order valence-corrected chi connectivity index (χ1v) is 6.17. The molecule has 0 aromatic carbocycles. The Kier molecular flexibility index (Phi) is 2.51. The van der Waals surface area contributed by atoms with Gasteiger partial charge in [-0.2, -0.15) is 0 Å². The van der Waals surface area contributed by atoms with Crippen LogP contribution < -0.4 is 0 Å². The van der Waals surface area contributed by atoms with E-state index in [9.17, 15) is 4.79 Å². The molecule has 1 aromatic heterocycles. The minimum absolute atomic E-state index is 0.155. The number of thiophene rings is 1. The molecule has 70 valence electrons. The molecule has 2 nitrogen and oxygen atoms in total. The summed E-state index contributed by atoms with van der Waals surface area (Å²) in [5, 5.41) is 8.74. The van der Waals surface area contributed by atoms with E-state index in [1.54, 1.807) is 11.3 Å². The molecule has 1 N–H and O–H groups in total. The molecule has 1 fully saturated rings. The van der Waals surface area contributed by atoms with Gasteiger partial charge >= 0.3 is 5.97 Å². The number of rotatable bonds is 2. The zero-order chi connectivity index (χ0) is 9.59. The Bertz CT molecular complexity index is 342. The van der Waals surface area contributed by atoms with E-state index in [2.05, 4.69) is 31.9 Å². The molecule has 0 bridgehead atoms. The number of aliphatic carboxylic acids is 1. The van der Waals surface area contributed by atoms with Gasteiger partial charge in [-0.1, -0.05) is 0 Å². The van der Waals surface area contributed by atoms with Gasteiger partial charge < -0.3 is 5.11 Å². The highest BCUT2D eigenvalue weighted by Gasteiger charge is 2.45. The fourth-order valence-corrected chi connectivity index (χ4v) is 3.60. The van der Waals surface area contributed by atoms with Gasteiger partial charge in [-0.25, -0.2) is 0 Å². The Morgan fingerprint density at radius 1 is 1.62 bits per heavy atom. The van der Waals surface area contributed by atoms with Crippen LogP contribution in [0.3, 0.4) is 0 Å². The molecule has 5 heteroatoms. The van der Waals surface area contributed by atoms with Crippen molar-refractivity contribution in [3.8, 4) is 0 Å². The second-order valence-corrected chi connectivity index (χ2v) is 6.31. The molecule has 2 unspecified atom stereocenters. The first-order chi connectivity index (χ1) is 6.09. The molecule has 2 atom stereocenters. The van der Waals surface area contributed by atoms with E-state index in [0.717, 1.165) is 19.6 Å². The van der Waals surface area contributed by atoms with Crippen LogP contribution in [0.2, 0.25) is 0 Å². The third kappa shape index (κ3) is 1.82. The van der Waals surface area contributed by atoms with Crippen LogP contribution in [0.25, 0.3) is 0 Å².